The van der Waals surface area contributed by atoms with Crippen LogP contribution in [0.5, 0.6) is 11.5 Å². The van der Waals surface area contributed by atoms with Gasteiger partial charge in [-0.1, -0.05) is 24.3 Å². The lowest BCUT2D eigenvalue weighted by Crippen LogP contribution is -2.34. The van der Waals surface area contributed by atoms with Gasteiger partial charge in [-0.2, -0.15) is 0 Å². The summed E-state index contributed by atoms with van der Waals surface area (Å²) in [7, 11) is 0. The van der Waals surface area contributed by atoms with Gasteiger partial charge in [0, 0.05) is 23.0 Å². The summed E-state index contributed by atoms with van der Waals surface area (Å²) < 4.78 is 18.1. The summed E-state index contributed by atoms with van der Waals surface area (Å²) in [6.45, 7) is 1.46. The normalized spacial score (nSPS) is 10.6. The third-order valence-electron chi connectivity index (χ3n) is 4.30. The summed E-state index contributed by atoms with van der Waals surface area (Å²) in [4.78, 5) is 26.1. The van der Waals surface area contributed by atoms with Crippen molar-refractivity contribution in [1.82, 2.24) is 0 Å². The molecule has 0 fully saturated rings. The zero-order valence-electron chi connectivity index (χ0n) is 15.1. The lowest BCUT2D eigenvalue weighted by molar-refractivity contribution is -0.121. The van der Waals surface area contributed by atoms with E-state index in [0.29, 0.717) is 23.0 Å². The van der Waals surface area contributed by atoms with E-state index in [-0.39, 0.29) is 17.1 Å². The number of anilines is 1. The summed E-state index contributed by atoms with van der Waals surface area (Å²) in [5.41, 5.74) is 0.227. The van der Waals surface area contributed by atoms with Crippen LogP contribution in [0.15, 0.2) is 54.6 Å². The highest BCUT2D eigenvalue weighted by Crippen LogP contribution is 2.35. The van der Waals surface area contributed by atoms with E-state index in [0.717, 1.165) is 6.07 Å². The molecule has 0 unspecified atom stereocenters. The number of hydrogen-bond donors (Lipinski definition) is 2. The highest BCUT2D eigenvalue weighted by Gasteiger charge is 2.21. The molecular formula is C21H18FNO5. The van der Waals surface area contributed by atoms with Crippen molar-refractivity contribution in [2.45, 2.75) is 6.92 Å². The van der Waals surface area contributed by atoms with Gasteiger partial charge in [0.15, 0.2) is 6.61 Å². The number of esters is 1. The molecule has 0 aliphatic heterocycles. The number of carbonyl (C=O) groups excluding carboxylic acids is 2. The largest absolute Gasteiger partial charge is 0.507 e. The molecule has 0 atom stereocenters. The molecule has 0 bridgehead atoms. The van der Waals surface area contributed by atoms with E-state index in [2.05, 4.69) is 0 Å². The smallest absolute Gasteiger partial charge is 0.342 e. The highest BCUT2D eigenvalue weighted by atomic mass is 19.1. The van der Waals surface area contributed by atoms with E-state index >= 15 is 0 Å². The molecule has 3 aromatic carbocycles. The maximum Gasteiger partial charge on any atom is 0.342 e. The number of carbonyl (C=O) groups is 2. The Morgan fingerprint density at radius 2 is 1.68 bits per heavy atom. The van der Waals surface area contributed by atoms with Crippen molar-refractivity contribution in [3.05, 3.63) is 66.0 Å². The van der Waals surface area contributed by atoms with Crippen LogP contribution < -0.4 is 4.90 Å². The molecule has 7 heteroatoms. The number of aromatic hydroxyl groups is 2. The average molecular weight is 383 g/mol. The molecule has 0 aromatic heterocycles. The van der Waals surface area contributed by atoms with Crippen molar-refractivity contribution in [1.29, 1.82) is 0 Å². The lowest BCUT2D eigenvalue weighted by atomic mass is 10.0. The number of fused-ring (bicyclic) bond motifs is 1. The van der Waals surface area contributed by atoms with Crippen molar-refractivity contribution < 1.29 is 28.9 Å². The first-order valence-corrected chi connectivity index (χ1v) is 8.59. The second-order valence-corrected chi connectivity index (χ2v) is 6.03. The fourth-order valence-electron chi connectivity index (χ4n) is 2.90. The molecule has 144 valence electrons. The van der Waals surface area contributed by atoms with E-state index < -0.39 is 24.3 Å². The quantitative estimate of drug-likeness (QED) is 0.519. The predicted octanol–water partition coefficient (Wildman–Crippen LogP) is 3.60. The van der Waals surface area contributed by atoms with Gasteiger partial charge < -0.3 is 19.8 Å². The molecule has 2 N–H and O–H groups in total. The van der Waals surface area contributed by atoms with Gasteiger partial charge in [-0.25, -0.2) is 9.18 Å². The van der Waals surface area contributed by atoms with Gasteiger partial charge in [0.25, 0.3) is 5.91 Å². The van der Waals surface area contributed by atoms with Gasteiger partial charge in [0.1, 0.15) is 22.9 Å². The Bertz CT molecular complexity index is 1030. The molecule has 28 heavy (non-hydrogen) atoms. The number of amides is 1. The SMILES string of the molecule is CCN(C(=O)COC(=O)c1cc(O)c2ccccc2c1O)c1ccc(F)cc1. The number of nitrogens with zero attached hydrogens (tertiary/aromatic N) is 1. The first kappa shape index (κ1) is 19.2. The number of phenolic OH excluding ortho intramolecular Hbond substituents is 2. The van der Waals surface area contributed by atoms with Crippen molar-refractivity contribution in [3.63, 3.8) is 0 Å². The molecule has 6 nitrogen and oxygen atoms in total. The van der Waals surface area contributed by atoms with Gasteiger partial charge >= 0.3 is 5.97 Å². The number of rotatable bonds is 5. The van der Waals surface area contributed by atoms with Crippen LogP contribution in [0.3, 0.4) is 0 Å². The van der Waals surface area contributed by atoms with Crippen LogP contribution in [0, 0.1) is 5.82 Å². The Kier molecular flexibility index (Phi) is 5.44. The number of benzene rings is 3. The minimum absolute atomic E-state index is 0.187. The van der Waals surface area contributed by atoms with Gasteiger partial charge in [0.05, 0.1) is 0 Å². The topological polar surface area (TPSA) is 87.1 Å². The van der Waals surface area contributed by atoms with Crippen molar-refractivity contribution >= 4 is 28.3 Å². The molecule has 0 radical (unpaired) electrons. The van der Waals surface area contributed by atoms with Gasteiger partial charge in [-0.05, 0) is 37.3 Å². The van der Waals surface area contributed by atoms with Crippen LogP contribution >= 0.6 is 0 Å². The van der Waals surface area contributed by atoms with Crippen LogP contribution in [-0.4, -0.2) is 35.2 Å². The third kappa shape index (κ3) is 3.73. The maximum atomic E-state index is 13.1. The summed E-state index contributed by atoms with van der Waals surface area (Å²) in [5.74, 6) is -2.40. The first-order valence-electron chi connectivity index (χ1n) is 8.59. The number of phenols is 2. The molecule has 1 amide bonds. The predicted molar refractivity (Wildman–Crippen MR) is 102 cm³/mol. The molecule has 0 aliphatic carbocycles. The molecule has 0 saturated heterocycles. The van der Waals surface area contributed by atoms with Crippen LogP contribution in [0.25, 0.3) is 10.8 Å². The average Bonchev–Trinajstić information content (AvgIpc) is 2.71. The van der Waals surface area contributed by atoms with Crippen molar-refractivity contribution in [2.24, 2.45) is 0 Å². The van der Waals surface area contributed by atoms with E-state index in [1.807, 2.05) is 0 Å². The monoisotopic (exact) mass is 383 g/mol. The lowest BCUT2D eigenvalue weighted by Gasteiger charge is -2.21. The minimum Gasteiger partial charge on any atom is -0.507 e. The zero-order chi connectivity index (χ0) is 20.3. The Hall–Kier alpha value is -3.61. The second-order valence-electron chi connectivity index (χ2n) is 6.03. The third-order valence-corrected chi connectivity index (χ3v) is 4.30. The van der Waals surface area contributed by atoms with Gasteiger partial charge in [-0.3, -0.25) is 4.79 Å². The molecule has 0 spiro atoms. The minimum atomic E-state index is -0.943. The van der Waals surface area contributed by atoms with E-state index in [9.17, 15) is 24.2 Å². The molecule has 0 aliphatic rings. The van der Waals surface area contributed by atoms with Crippen molar-refractivity contribution in [2.75, 3.05) is 18.1 Å². The first-order chi connectivity index (χ1) is 13.4. The second kappa shape index (κ2) is 7.96. The number of ether oxygens (including phenoxy) is 1. The van der Waals surface area contributed by atoms with Gasteiger partial charge in [0.2, 0.25) is 0 Å². The fourth-order valence-corrected chi connectivity index (χ4v) is 2.90. The van der Waals surface area contributed by atoms with Crippen LogP contribution in [0.2, 0.25) is 0 Å². The number of likely N-dealkylation sites (N-methyl/N-ethyl adjacent to an activating group) is 1. The molecule has 3 rings (SSSR count). The summed E-state index contributed by atoms with van der Waals surface area (Å²) in [5, 5.41) is 21.1. The zero-order valence-corrected chi connectivity index (χ0v) is 15.1. The van der Waals surface area contributed by atoms with E-state index in [1.54, 1.807) is 31.2 Å². The van der Waals surface area contributed by atoms with Crippen LogP contribution in [-0.2, 0) is 9.53 Å². The molecule has 0 heterocycles. The fraction of sp³-hybridized carbons (Fsp3) is 0.143. The molecule has 0 saturated carbocycles. The Morgan fingerprint density at radius 1 is 1.04 bits per heavy atom. The Labute approximate surface area is 160 Å². The van der Waals surface area contributed by atoms with Gasteiger partial charge in [-0.15, -0.1) is 0 Å². The summed E-state index contributed by atoms with van der Waals surface area (Å²) >= 11 is 0. The van der Waals surface area contributed by atoms with Crippen molar-refractivity contribution in [3.8, 4) is 11.5 Å². The molecular weight excluding hydrogens is 365 g/mol. The van der Waals surface area contributed by atoms with Crippen LogP contribution in [0.1, 0.15) is 17.3 Å². The number of hydrogen-bond acceptors (Lipinski definition) is 5. The highest BCUT2D eigenvalue weighted by molar-refractivity contribution is 6.04. The Morgan fingerprint density at radius 3 is 2.32 bits per heavy atom. The van der Waals surface area contributed by atoms with Crippen LogP contribution in [0.4, 0.5) is 10.1 Å². The molecule has 3 aromatic rings. The summed E-state index contributed by atoms with van der Waals surface area (Å²) in [6, 6.07) is 13.0. The Balaban J connectivity index is 1.76. The van der Waals surface area contributed by atoms with E-state index in [4.69, 9.17) is 4.74 Å². The number of halogens is 1. The van der Waals surface area contributed by atoms with E-state index in [1.165, 1.54) is 29.2 Å². The maximum absolute atomic E-state index is 13.1. The summed E-state index contributed by atoms with van der Waals surface area (Å²) in [6.07, 6.45) is 0. The standard InChI is InChI=1S/C21H18FNO5/c1-2-23(14-9-7-13(22)8-10-14)19(25)12-28-21(27)17-11-18(24)15-5-3-4-6-16(15)20(17)26/h3-11,24,26H,2,12H2,1H3.